The summed E-state index contributed by atoms with van der Waals surface area (Å²) in [5.41, 5.74) is 1.00. The van der Waals surface area contributed by atoms with E-state index >= 15 is 0 Å². The lowest BCUT2D eigenvalue weighted by Crippen LogP contribution is -2.19. The first-order valence-electron chi connectivity index (χ1n) is 7.32. The molecule has 0 amide bonds. The third-order valence-electron chi connectivity index (χ3n) is 3.19. The molecule has 0 bridgehead atoms. The van der Waals surface area contributed by atoms with Gasteiger partial charge in [0, 0.05) is 20.3 Å². The van der Waals surface area contributed by atoms with Crippen LogP contribution >= 0.6 is 0 Å². The van der Waals surface area contributed by atoms with Crippen molar-refractivity contribution in [3.63, 3.8) is 0 Å². The van der Waals surface area contributed by atoms with Gasteiger partial charge in [0.05, 0.1) is 26.4 Å². The minimum absolute atomic E-state index is 0.193. The summed E-state index contributed by atoms with van der Waals surface area (Å²) in [6, 6.07) is 6.76. The van der Waals surface area contributed by atoms with Crippen LogP contribution in [-0.2, 0) is 14.2 Å². The molecule has 0 saturated heterocycles. The molecular weight excluding hydrogens is 273 g/mol. The van der Waals surface area contributed by atoms with E-state index in [-0.39, 0.29) is 11.7 Å². The molecule has 0 radical (unpaired) electrons. The molecule has 120 valence electrons. The van der Waals surface area contributed by atoms with Crippen molar-refractivity contribution < 1.29 is 18.6 Å². The minimum Gasteiger partial charge on any atom is -0.382 e. The third kappa shape index (κ3) is 8.12. The van der Waals surface area contributed by atoms with Gasteiger partial charge >= 0.3 is 0 Å². The van der Waals surface area contributed by atoms with Crippen LogP contribution in [0.5, 0.6) is 0 Å². The van der Waals surface area contributed by atoms with Crippen LogP contribution in [0.15, 0.2) is 24.3 Å². The highest BCUT2D eigenvalue weighted by Gasteiger charge is 2.11. The van der Waals surface area contributed by atoms with Gasteiger partial charge in [-0.3, -0.25) is 0 Å². The summed E-state index contributed by atoms with van der Waals surface area (Å²) in [7, 11) is 3.55. The fourth-order valence-electron chi connectivity index (χ4n) is 2.08. The third-order valence-corrected chi connectivity index (χ3v) is 3.19. The molecule has 1 atom stereocenters. The molecule has 5 heteroatoms. The highest BCUT2D eigenvalue weighted by molar-refractivity contribution is 5.21. The van der Waals surface area contributed by atoms with Gasteiger partial charge in [0.25, 0.3) is 0 Å². The molecule has 4 nitrogen and oxygen atoms in total. The van der Waals surface area contributed by atoms with Gasteiger partial charge in [0.2, 0.25) is 0 Å². The number of ether oxygens (including phenoxy) is 3. The summed E-state index contributed by atoms with van der Waals surface area (Å²) in [5.74, 6) is 0.0566. The molecule has 1 N–H and O–H groups in total. The van der Waals surface area contributed by atoms with E-state index in [9.17, 15) is 4.39 Å². The average molecular weight is 299 g/mol. The summed E-state index contributed by atoms with van der Waals surface area (Å²) in [4.78, 5) is 0. The molecule has 0 heterocycles. The standard InChI is InChI=1S/C16H26FNO3/c1-18-13-15(14-4-3-5-16(17)12-14)6-7-20-10-11-21-9-8-19-2/h3-5,12,15,18H,6-11,13H2,1-2H3. The van der Waals surface area contributed by atoms with Crippen LogP contribution in [0.1, 0.15) is 17.9 Å². The van der Waals surface area contributed by atoms with Gasteiger partial charge in [-0.2, -0.15) is 0 Å². The molecule has 1 aromatic rings. The van der Waals surface area contributed by atoms with E-state index in [0.717, 1.165) is 18.5 Å². The molecular formula is C16H26FNO3. The molecule has 0 aliphatic carbocycles. The van der Waals surface area contributed by atoms with Crippen molar-refractivity contribution in [2.45, 2.75) is 12.3 Å². The fourth-order valence-corrected chi connectivity index (χ4v) is 2.08. The highest BCUT2D eigenvalue weighted by Crippen LogP contribution is 2.19. The normalized spacial score (nSPS) is 12.5. The Morgan fingerprint density at radius 3 is 2.48 bits per heavy atom. The number of methoxy groups -OCH3 is 1. The quantitative estimate of drug-likeness (QED) is 0.601. The molecule has 1 unspecified atom stereocenters. The van der Waals surface area contributed by atoms with Crippen LogP contribution in [0.3, 0.4) is 0 Å². The lowest BCUT2D eigenvalue weighted by molar-refractivity contribution is 0.0233. The first kappa shape index (κ1) is 18.0. The van der Waals surface area contributed by atoms with Crippen LogP contribution in [0, 0.1) is 5.82 Å². The first-order chi connectivity index (χ1) is 10.3. The summed E-state index contributed by atoms with van der Waals surface area (Å²) >= 11 is 0. The SMILES string of the molecule is CNCC(CCOCCOCCOC)c1cccc(F)c1. The zero-order valence-electron chi connectivity index (χ0n) is 12.9. The number of hydrogen-bond acceptors (Lipinski definition) is 4. The number of hydrogen-bond donors (Lipinski definition) is 1. The zero-order chi connectivity index (χ0) is 15.3. The Morgan fingerprint density at radius 2 is 1.81 bits per heavy atom. The van der Waals surface area contributed by atoms with Gasteiger partial charge in [-0.25, -0.2) is 4.39 Å². The smallest absolute Gasteiger partial charge is 0.123 e. The van der Waals surface area contributed by atoms with E-state index in [4.69, 9.17) is 14.2 Å². The number of rotatable bonds is 12. The lowest BCUT2D eigenvalue weighted by atomic mass is 9.96. The van der Waals surface area contributed by atoms with E-state index < -0.39 is 0 Å². The molecule has 0 aromatic heterocycles. The van der Waals surface area contributed by atoms with Gasteiger partial charge in [-0.1, -0.05) is 12.1 Å². The number of nitrogens with one attached hydrogen (secondary N) is 1. The van der Waals surface area contributed by atoms with Crippen molar-refractivity contribution in [2.24, 2.45) is 0 Å². The fraction of sp³-hybridized carbons (Fsp3) is 0.625. The van der Waals surface area contributed by atoms with E-state index in [1.165, 1.54) is 6.07 Å². The van der Waals surface area contributed by atoms with Crippen LogP contribution < -0.4 is 5.32 Å². The predicted octanol–water partition coefficient (Wildman–Crippen LogP) is 2.20. The van der Waals surface area contributed by atoms with E-state index in [1.54, 1.807) is 19.2 Å². The van der Waals surface area contributed by atoms with Crippen molar-refractivity contribution in [1.82, 2.24) is 5.32 Å². The maximum atomic E-state index is 13.3. The summed E-state index contributed by atoms with van der Waals surface area (Å²) in [6.45, 7) is 3.77. The highest BCUT2D eigenvalue weighted by atomic mass is 19.1. The van der Waals surface area contributed by atoms with Gasteiger partial charge in [0.1, 0.15) is 5.82 Å². The van der Waals surface area contributed by atoms with Gasteiger partial charge in [-0.05, 0) is 37.1 Å². The van der Waals surface area contributed by atoms with Crippen molar-refractivity contribution in [1.29, 1.82) is 0 Å². The molecule has 0 aliphatic heterocycles. The Labute approximate surface area is 126 Å². The second-order valence-electron chi connectivity index (χ2n) is 4.82. The predicted molar refractivity (Wildman–Crippen MR) is 81.2 cm³/mol. The summed E-state index contributed by atoms with van der Waals surface area (Å²) in [6.07, 6.45) is 0.850. The molecule has 0 saturated carbocycles. The van der Waals surface area contributed by atoms with Gasteiger partial charge in [-0.15, -0.1) is 0 Å². The largest absolute Gasteiger partial charge is 0.382 e. The molecule has 0 spiro atoms. The van der Waals surface area contributed by atoms with Crippen molar-refractivity contribution >= 4 is 0 Å². The minimum atomic E-state index is -0.193. The molecule has 1 aromatic carbocycles. The van der Waals surface area contributed by atoms with Crippen LogP contribution in [0.4, 0.5) is 4.39 Å². The van der Waals surface area contributed by atoms with Crippen molar-refractivity contribution in [3.05, 3.63) is 35.6 Å². The van der Waals surface area contributed by atoms with Crippen LogP contribution in [-0.4, -0.2) is 53.7 Å². The molecule has 21 heavy (non-hydrogen) atoms. The molecule has 0 fully saturated rings. The number of halogens is 1. The Bertz CT molecular complexity index is 376. The van der Waals surface area contributed by atoms with Crippen LogP contribution in [0.25, 0.3) is 0 Å². The van der Waals surface area contributed by atoms with Crippen LogP contribution in [0.2, 0.25) is 0 Å². The Hall–Kier alpha value is -1.01. The Balaban J connectivity index is 2.23. The number of benzene rings is 1. The number of likely N-dealkylation sites (N-methyl/N-ethyl adjacent to an activating group) is 1. The first-order valence-corrected chi connectivity index (χ1v) is 7.32. The molecule has 1 rings (SSSR count). The zero-order valence-corrected chi connectivity index (χ0v) is 12.9. The second-order valence-corrected chi connectivity index (χ2v) is 4.82. The van der Waals surface area contributed by atoms with E-state index in [0.29, 0.717) is 33.0 Å². The Morgan fingerprint density at radius 1 is 1.10 bits per heavy atom. The average Bonchev–Trinajstić information content (AvgIpc) is 2.49. The van der Waals surface area contributed by atoms with Gasteiger partial charge in [0.15, 0.2) is 0 Å². The summed E-state index contributed by atoms with van der Waals surface area (Å²) in [5, 5.41) is 3.14. The topological polar surface area (TPSA) is 39.7 Å². The second kappa shape index (κ2) is 11.6. The maximum absolute atomic E-state index is 13.3. The summed E-state index contributed by atoms with van der Waals surface area (Å²) < 4.78 is 29.0. The van der Waals surface area contributed by atoms with Crippen molar-refractivity contribution in [2.75, 3.05) is 53.7 Å². The van der Waals surface area contributed by atoms with Crippen molar-refractivity contribution in [3.8, 4) is 0 Å². The maximum Gasteiger partial charge on any atom is 0.123 e. The van der Waals surface area contributed by atoms with E-state index in [2.05, 4.69) is 5.32 Å². The molecule has 0 aliphatic rings. The monoisotopic (exact) mass is 299 g/mol. The van der Waals surface area contributed by atoms with Gasteiger partial charge < -0.3 is 19.5 Å². The lowest BCUT2D eigenvalue weighted by Gasteiger charge is -2.17. The van der Waals surface area contributed by atoms with E-state index in [1.807, 2.05) is 13.1 Å². The Kier molecular flexibility index (Phi) is 9.99.